The van der Waals surface area contributed by atoms with Crippen LogP contribution in [0.15, 0.2) is 55.1 Å². The SMILES string of the molecule is C=CCOc1ccc(CNc2cc(C)ccc2C)cc1. The van der Waals surface area contributed by atoms with Gasteiger partial charge in [-0.25, -0.2) is 0 Å². The van der Waals surface area contributed by atoms with Gasteiger partial charge in [0, 0.05) is 12.2 Å². The van der Waals surface area contributed by atoms with E-state index in [0.29, 0.717) is 6.61 Å². The molecule has 0 heterocycles. The molecule has 20 heavy (non-hydrogen) atoms. The maximum absolute atomic E-state index is 5.47. The molecule has 2 rings (SSSR count). The fraction of sp³-hybridized carbons (Fsp3) is 0.222. The van der Waals surface area contributed by atoms with Gasteiger partial charge in [0.15, 0.2) is 0 Å². The van der Waals surface area contributed by atoms with E-state index in [-0.39, 0.29) is 0 Å². The van der Waals surface area contributed by atoms with E-state index in [9.17, 15) is 0 Å². The van der Waals surface area contributed by atoms with Crippen LogP contribution in [0.4, 0.5) is 5.69 Å². The highest BCUT2D eigenvalue weighted by atomic mass is 16.5. The Morgan fingerprint density at radius 2 is 1.85 bits per heavy atom. The maximum atomic E-state index is 5.47. The number of hydrogen-bond donors (Lipinski definition) is 1. The van der Waals surface area contributed by atoms with Gasteiger partial charge in [-0.05, 0) is 48.7 Å². The molecular formula is C18H21NO. The Hall–Kier alpha value is -2.22. The van der Waals surface area contributed by atoms with E-state index in [1.54, 1.807) is 6.08 Å². The summed E-state index contributed by atoms with van der Waals surface area (Å²) >= 11 is 0. The first-order valence-corrected chi connectivity index (χ1v) is 6.83. The second-order valence-corrected chi connectivity index (χ2v) is 4.92. The number of ether oxygens (including phenoxy) is 1. The first-order chi connectivity index (χ1) is 9.69. The van der Waals surface area contributed by atoms with Crippen LogP contribution >= 0.6 is 0 Å². The van der Waals surface area contributed by atoms with Crippen molar-refractivity contribution < 1.29 is 4.74 Å². The van der Waals surface area contributed by atoms with Crippen molar-refractivity contribution in [3.63, 3.8) is 0 Å². The van der Waals surface area contributed by atoms with E-state index in [1.807, 2.05) is 12.1 Å². The second-order valence-electron chi connectivity index (χ2n) is 4.92. The highest BCUT2D eigenvalue weighted by Crippen LogP contribution is 2.18. The van der Waals surface area contributed by atoms with Gasteiger partial charge in [-0.2, -0.15) is 0 Å². The number of rotatable bonds is 6. The minimum absolute atomic E-state index is 0.542. The average molecular weight is 267 g/mol. The molecule has 2 aromatic rings. The molecule has 2 aromatic carbocycles. The molecule has 0 saturated carbocycles. The number of hydrogen-bond acceptors (Lipinski definition) is 2. The van der Waals surface area contributed by atoms with Gasteiger partial charge in [-0.3, -0.25) is 0 Å². The third-order valence-electron chi connectivity index (χ3n) is 3.17. The van der Waals surface area contributed by atoms with Crippen LogP contribution in [0.1, 0.15) is 16.7 Å². The Kier molecular flexibility index (Phi) is 4.83. The Morgan fingerprint density at radius 1 is 1.10 bits per heavy atom. The van der Waals surface area contributed by atoms with Gasteiger partial charge in [-0.15, -0.1) is 0 Å². The van der Waals surface area contributed by atoms with E-state index in [0.717, 1.165) is 12.3 Å². The quantitative estimate of drug-likeness (QED) is 0.779. The van der Waals surface area contributed by atoms with E-state index in [2.05, 4.69) is 56.1 Å². The summed E-state index contributed by atoms with van der Waals surface area (Å²) in [4.78, 5) is 0. The molecule has 0 aliphatic carbocycles. The van der Waals surface area contributed by atoms with Crippen LogP contribution in [0.25, 0.3) is 0 Å². The van der Waals surface area contributed by atoms with Gasteiger partial charge in [-0.1, -0.05) is 36.9 Å². The fourth-order valence-electron chi connectivity index (χ4n) is 1.98. The number of aryl methyl sites for hydroxylation is 2. The molecular weight excluding hydrogens is 246 g/mol. The van der Waals surface area contributed by atoms with Crippen molar-refractivity contribution in [3.05, 3.63) is 71.8 Å². The van der Waals surface area contributed by atoms with E-state index in [1.165, 1.54) is 22.4 Å². The highest BCUT2D eigenvalue weighted by molar-refractivity contribution is 5.52. The fourth-order valence-corrected chi connectivity index (χ4v) is 1.98. The monoisotopic (exact) mass is 267 g/mol. The molecule has 1 N–H and O–H groups in total. The van der Waals surface area contributed by atoms with Gasteiger partial charge in [0.05, 0.1) is 0 Å². The van der Waals surface area contributed by atoms with Crippen LogP contribution in [-0.2, 0) is 6.54 Å². The van der Waals surface area contributed by atoms with Crippen molar-refractivity contribution >= 4 is 5.69 Å². The minimum Gasteiger partial charge on any atom is -0.490 e. The lowest BCUT2D eigenvalue weighted by atomic mass is 10.1. The molecule has 0 saturated heterocycles. The molecule has 104 valence electrons. The molecule has 0 aliphatic heterocycles. The van der Waals surface area contributed by atoms with Crippen LogP contribution in [0.5, 0.6) is 5.75 Å². The molecule has 0 aliphatic rings. The van der Waals surface area contributed by atoms with Gasteiger partial charge in [0.2, 0.25) is 0 Å². The average Bonchev–Trinajstić information content (AvgIpc) is 2.47. The summed E-state index contributed by atoms with van der Waals surface area (Å²) in [6, 6.07) is 14.6. The Balaban J connectivity index is 1.96. The van der Waals surface area contributed by atoms with E-state index < -0.39 is 0 Å². The van der Waals surface area contributed by atoms with Crippen LogP contribution in [-0.4, -0.2) is 6.61 Å². The molecule has 0 amide bonds. The lowest BCUT2D eigenvalue weighted by Crippen LogP contribution is -2.01. The smallest absolute Gasteiger partial charge is 0.119 e. The number of nitrogens with one attached hydrogen (secondary N) is 1. The standard InChI is InChI=1S/C18H21NO/c1-4-11-20-17-9-7-16(8-10-17)13-19-18-12-14(2)5-6-15(18)3/h4-10,12,19H,1,11,13H2,2-3H3. The summed E-state index contributed by atoms with van der Waals surface area (Å²) in [6.45, 7) is 9.22. The van der Waals surface area contributed by atoms with Crippen molar-refractivity contribution in [3.8, 4) is 5.75 Å². The molecule has 0 radical (unpaired) electrons. The zero-order valence-corrected chi connectivity index (χ0v) is 12.1. The lowest BCUT2D eigenvalue weighted by molar-refractivity contribution is 0.363. The van der Waals surface area contributed by atoms with Crippen molar-refractivity contribution in [2.75, 3.05) is 11.9 Å². The van der Waals surface area contributed by atoms with Crippen molar-refractivity contribution in [2.45, 2.75) is 20.4 Å². The molecule has 0 bridgehead atoms. The van der Waals surface area contributed by atoms with Crippen LogP contribution in [0.3, 0.4) is 0 Å². The summed E-state index contributed by atoms with van der Waals surface area (Å²) < 4.78 is 5.47. The van der Waals surface area contributed by atoms with Gasteiger partial charge < -0.3 is 10.1 Å². The molecule has 0 fully saturated rings. The predicted octanol–water partition coefficient (Wildman–Crippen LogP) is 4.48. The predicted molar refractivity (Wildman–Crippen MR) is 85.4 cm³/mol. The molecule has 0 spiro atoms. The second kappa shape index (κ2) is 6.80. The third-order valence-corrected chi connectivity index (χ3v) is 3.17. The summed E-state index contributed by atoms with van der Waals surface area (Å²) in [5.74, 6) is 0.875. The minimum atomic E-state index is 0.542. The zero-order chi connectivity index (χ0) is 14.4. The Bertz CT molecular complexity index is 572. The molecule has 0 atom stereocenters. The normalized spacial score (nSPS) is 10.1. The van der Waals surface area contributed by atoms with Crippen molar-refractivity contribution in [2.24, 2.45) is 0 Å². The van der Waals surface area contributed by atoms with E-state index in [4.69, 9.17) is 4.74 Å². The van der Waals surface area contributed by atoms with Crippen LogP contribution in [0.2, 0.25) is 0 Å². The van der Waals surface area contributed by atoms with Gasteiger partial charge in [0.25, 0.3) is 0 Å². The van der Waals surface area contributed by atoms with Gasteiger partial charge >= 0.3 is 0 Å². The van der Waals surface area contributed by atoms with Crippen LogP contribution in [0, 0.1) is 13.8 Å². The van der Waals surface area contributed by atoms with Crippen molar-refractivity contribution in [1.29, 1.82) is 0 Å². The topological polar surface area (TPSA) is 21.3 Å². The lowest BCUT2D eigenvalue weighted by Gasteiger charge is -2.11. The molecule has 0 aromatic heterocycles. The van der Waals surface area contributed by atoms with Gasteiger partial charge in [0.1, 0.15) is 12.4 Å². The number of anilines is 1. The summed E-state index contributed by atoms with van der Waals surface area (Å²) in [5.41, 5.74) is 4.96. The first-order valence-electron chi connectivity index (χ1n) is 6.83. The number of benzene rings is 2. The zero-order valence-electron chi connectivity index (χ0n) is 12.1. The summed E-state index contributed by atoms with van der Waals surface area (Å²) in [6.07, 6.45) is 1.75. The Morgan fingerprint density at radius 3 is 2.55 bits per heavy atom. The highest BCUT2D eigenvalue weighted by Gasteiger charge is 1.99. The largest absolute Gasteiger partial charge is 0.490 e. The van der Waals surface area contributed by atoms with Crippen LogP contribution < -0.4 is 10.1 Å². The molecule has 0 unspecified atom stereocenters. The summed E-state index contributed by atoms with van der Waals surface area (Å²) in [7, 11) is 0. The molecule has 2 heteroatoms. The first kappa shape index (κ1) is 14.2. The molecule has 2 nitrogen and oxygen atoms in total. The third kappa shape index (κ3) is 3.89. The van der Waals surface area contributed by atoms with E-state index >= 15 is 0 Å². The van der Waals surface area contributed by atoms with Crippen molar-refractivity contribution in [1.82, 2.24) is 0 Å². The maximum Gasteiger partial charge on any atom is 0.119 e. The Labute approximate surface area is 121 Å². The summed E-state index contributed by atoms with van der Waals surface area (Å²) in [5, 5.41) is 3.48.